The summed E-state index contributed by atoms with van der Waals surface area (Å²) in [5, 5.41) is 15.7. The first-order valence-electron chi connectivity index (χ1n) is 8.53. The second kappa shape index (κ2) is 9.96. The van der Waals surface area contributed by atoms with Crippen LogP contribution in [0.4, 0.5) is 15.8 Å². The minimum atomic E-state index is -0.862. The average Bonchev–Trinajstić information content (AvgIpc) is 2.72. The fraction of sp³-hybridized carbons (Fsp3) is 0.211. The summed E-state index contributed by atoms with van der Waals surface area (Å²) in [5.41, 5.74) is 0.567. The first-order valence-corrected chi connectivity index (χ1v) is 8.53. The van der Waals surface area contributed by atoms with Gasteiger partial charge < -0.3 is 20.1 Å². The van der Waals surface area contributed by atoms with Crippen molar-refractivity contribution in [2.24, 2.45) is 0 Å². The van der Waals surface area contributed by atoms with Crippen LogP contribution in [0.5, 0.6) is 5.75 Å². The van der Waals surface area contributed by atoms with E-state index in [0.717, 1.165) is 12.1 Å². The number of hydrogen-bond donors (Lipinski definition) is 2. The highest BCUT2D eigenvalue weighted by Gasteiger charge is 2.19. The van der Waals surface area contributed by atoms with Gasteiger partial charge in [0.15, 0.2) is 12.4 Å². The molecule has 0 bridgehead atoms. The van der Waals surface area contributed by atoms with Crippen molar-refractivity contribution in [3.8, 4) is 5.75 Å². The Morgan fingerprint density at radius 2 is 1.83 bits per heavy atom. The van der Waals surface area contributed by atoms with E-state index in [1.54, 1.807) is 6.92 Å². The Hall–Kier alpha value is -4.02. The minimum absolute atomic E-state index is 0.0404. The van der Waals surface area contributed by atoms with Crippen LogP contribution in [0.1, 0.15) is 15.9 Å². The molecule has 0 aliphatic heterocycles. The number of nitrogens with one attached hydrogen (secondary N) is 2. The van der Waals surface area contributed by atoms with Crippen molar-refractivity contribution in [2.45, 2.75) is 6.92 Å². The van der Waals surface area contributed by atoms with Gasteiger partial charge in [0.1, 0.15) is 12.4 Å². The van der Waals surface area contributed by atoms with E-state index in [1.165, 1.54) is 31.4 Å². The number of nitro groups is 1. The van der Waals surface area contributed by atoms with Gasteiger partial charge in [0, 0.05) is 23.4 Å². The van der Waals surface area contributed by atoms with Crippen LogP contribution in [-0.4, -0.2) is 43.0 Å². The van der Waals surface area contributed by atoms with E-state index in [0.29, 0.717) is 5.56 Å². The van der Waals surface area contributed by atoms with Gasteiger partial charge in [-0.15, -0.1) is 0 Å². The molecule has 2 amide bonds. The summed E-state index contributed by atoms with van der Waals surface area (Å²) in [6.07, 6.45) is 0. The van der Waals surface area contributed by atoms with Crippen molar-refractivity contribution in [2.75, 3.05) is 25.6 Å². The molecule has 30 heavy (non-hydrogen) atoms. The molecule has 0 unspecified atom stereocenters. The van der Waals surface area contributed by atoms with Crippen molar-refractivity contribution in [1.82, 2.24) is 5.32 Å². The Kier molecular flexibility index (Phi) is 7.39. The van der Waals surface area contributed by atoms with E-state index < -0.39 is 41.7 Å². The SMILES string of the molecule is COc1cc(NC(=O)COC(=O)CNC(=O)c2ccc(F)cc2)c(C)cc1[N+](=O)[O-]. The molecule has 0 atom stereocenters. The maximum Gasteiger partial charge on any atom is 0.325 e. The van der Waals surface area contributed by atoms with Crippen LogP contribution in [0.3, 0.4) is 0 Å². The number of amides is 2. The lowest BCUT2D eigenvalue weighted by atomic mass is 10.1. The van der Waals surface area contributed by atoms with Crippen molar-refractivity contribution >= 4 is 29.2 Å². The highest BCUT2D eigenvalue weighted by Crippen LogP contribution is 2.32. The number of anilines is 1. The summed E-state index contributed by atoms with van der Waals surface area (Å²) in [6.45, 7) is 0.427. The molecule has 0 saturated carbocycles. The molecule has 0 aliphatic carbocycles. The Balaban J connectivity index is 1.85. The summed E-state index contributed by atoms with van der Waals surface area (Å²) in [5.74, 6) is -2.70. The quantitative estimate of drug-likeness (QED) is 0.379. The molecule has 0 spiro atoms. The molecular weight excluding hydrogens is 401 g/mol. The second-order valence-corrected chi connectivity index (χ2v) is 5.99. The number of nitro benzene ring substituents is 1. The lowest BCUT2D eigenvalue weighted by molar-refractivity contribution is -0.385. The molecule has 2 rings (SSSR count). The number of aryl methyl sites for hydroxylation is 1. The van der Waals surface area contributed by atoms with E-state index in [-0.39, 0.29) is 22.7 Å². The predicted octanol–water partition coefficient (Wildman–Crippen LogP) is 1.96. The number of ether oxygens (including phenoxy) is 2. The number of rotatable bonds is 8. The third kappa shape index (κ3) is 5.99. The van der Waals surface area contributed by atoms with Gasteiger partial charge in [-0.3, -0.25) is 24.5 Å². The monoisotopic (exact) mass is 419 g/mol. The van der Waals surface area contributed by atoms with Crippen LogP contribution >= 0.6 is 0 Å². The van der Waals surface area contributed by atoms with Crippen LogP contribution in [0, 0.1) is 22.9 Å². The second-order valence-electron chi connectivity index (χ2n) is 5.99. The van der Waals surface area contributed by atoms with Crippen molar-refractivity contribution < 1.29 is 33.2 Å². The van der Waals surface area contributed by atoms with Crippen LogP contribution in [0.2, 0.25) is 0 Å². The Morgan fingerprint density at radius 1 is 1.17 bits per heavy atom. The molecule has 0 aromatic heterocycles. The van der Waals surface area contributed by atoms with Gasteiger partial charge in [-0.05, 0) is 36.8 Å². The summed E-state index contributed by atoms with van der Waals surface area (Å²) in [4.78, 5) is 45.9. The Bertz CT molecular complexity index is 977. The molecule has 0 radical (unpaired) electrons. The van der Waals surface area contributed by atoms with Gasteiger partial charge in [0.25, 0.3) is 11.8 Å². The third-order valence-corrected chi connectivity index (χ3v) is 3.86. The van der Waals surface area contributed by atoms with E-state index in [2.05, 4.69) is 10.6 Å². The first kappa shape index (κ1) is 22.3. The summed E-state index contributed by atoms with van der Waals surface area (Å²) in [6, 6.07) is 7.25. The van der Waals surface area contributed by atoms with E-state index >= 15 is 0 Å². The number of nitrogens with zero attached hydrogens (tertiary/aromatic N) is 1. The minimum Gasteiger partial charge on any atom is -0.490 e. The molecule has 158 valence electrons. The van der Waals surface area contributed by atoms with E-state index in [1.807, 2.05) is 0 Å². The van der Waals surface area contributed by atoms with Crippen LogP contribution in [0.15, 0.2) is 36.4 Å². The van der Waals surface area contributed by atoms with Crippen LogP contribution in [-0.2, 0) is 14.3 Å². The van der Waals surface area contributed by atoms with Crippen molar-refractivity contribution in [3.63, 3.8) is 0 Å². The molecule has 2 aromatic carbocycles. The Morgan fingerprint density at radius 3 is 2.43 bits per heavy atom. The summed E-state index contributed by atoms with van der Waals surface area (Å²) >= 11 is 0. The lowest BCUT2D eigenvalue weighted by Gasteiger charge is -2.11. The summed E-state index contributed by atoms with van der Waals surface area (Å²) < 4.78 is 22.6. The number of methoxy groups -OCH3 is 1. The number of benzene rings is 2. The van der Waals surface area contributed by atoms with Crippen LogP contribution in [0.25, 0.3) is 0 Å². The average molecular weight is 419 g/mol. The lowest BCUT2D eigenvalue weighted by Crippen LogP contribution is -2.32. The Labute approximate surface area is 170 Å². The summed E-state index contributed by atoms with van der Waals surface area (Å²) in [7, 11) is 1.26. The number of hydrogen-bond acceptors (Lipinski definition) is 7. The molecule has 0 heterocycles. The maximum absolute atomic E-state index is 12.8. The molecule has 10 nitrogen and oxygen atoms in total. The van der Waals surface area contributed by atoms with Gasteiger partial charge >= 0.3 is 11.7 Å². The zero-order valence-corrected chi connectivity index (χ0v) is 16.1. The number of carbonyl (C=O) groups excluding carboxylic acids is 3. The fourth-order valence-corrected chi connectivity index (χ4v) is 2.35. The smallest absolute Gasteiger partial charge is 0.325 e. The normalized spacial score (nSPS) is 10.1. The zero-order chi connectivity index (χ0) is 22.3. The zero-order valence-electron chi connectivity index (χ0n) is 16.1. The van der Waals surface area contributed by atoms with Gasteiger partial charge in [-0.1, -0.05) is 0 Å². The fourth-order valence-electron chi connectivity index (χ4n) is 2.35. The number of carbonyl (C=O) groups is 3. The third-order valence-electron chi connectivity index (χ3n) is 3.86. The van der Waals surface area contributed by atoms with Crippen molar-refractivity contribution in [1.29, 1.82) is 0 Å². The number of esters is 1. The maximum atomic E-state index is 12.8. The predicted molar refractivity (Wildman–Crippen MR) is 103 cm³/mol. The van der Waals surface area contributed by atoms with Crippen molar-refractivity contribution in [3.05, 3.63) is 63.5 Å². The van der Waals surface area contributed by atoms with Gasteiger partial charge in [-0.25, -0.2) is 4.39 Å². The standard InChI is InChI=1S/C19H18FN3O7/c1-11-7-15(23(27)28)16(29-2)8-14(11)22-17(24)10-30-18(25)9-21-19(26)12-3-5-13(20)6-4-12/h3-8H,9-10H2,1-2H3,(H,21,26)(H,22,24). The molecule has 2 N–H and O–H groups in total. The highest BCUT2D eigenvalue weighted by atomic mass is 19.1. The highest BCUT2D eigenvalue weighted by molar-refractivity contribution is 5.96. The topological polar surface area (TPSA) is 137 Å². The molecule has 11 heteroatoms. The molecule has 0 saturated heterocycles. The number of halogens is 1. The van der Waals surface area contributed by atoms with Gasteiger partial charge in [0.2, 0.25) is 0 Å². The largest absolute Gasteiger partial charge is 0.490 e. The van der Waals surface area contributed by atoms with Gasteiger partial charge in [-0.2, -0.15) is 0 Å². The van der Waals surface area contributed by atoms with Crippen LogP contribution < -0.4 is 15.4 Å². The molecule has 2 aromatic rings. The van der Waals surface area contributed by atoms with Gasteiger partial charge in [0.05, 0.1) is 12.0 Å². The molecular formula is C19H18FN3O7. The first-order chi connectivity index (χ1) is 14.2. The van der Waals surface area contributed by atoms with E-state index in [4.69, 9.17) is 9.47 Å². The molecule has 0 aliphatic rings. The molecule has 0 fully saturated rings. The van der Waals surface area contributed by atoms with E-state index in [9.17, 15) is 28.9 Å².